The zero-order valence-electron chi connectivity index (χ0n) is 12.5. The second-order valence-corrected chi connectivity index (χ2v) is 5.40. The average Bonchev–Trinajstić information content (AvgIpc) is 2.36. The number of hydrogen-bond donors (Lipinski definition) is 2. The van der Waals surface area contributed by atoms with Crippen molar-refractivity contribution in [3.05, 3.63) is 24.3 Å². The first-order chi connectivity index (χ1) is 8.90. The van der Waals surface area contributed by atoms with Crippen LogP contribution in [0.25, 0.3) is 0 Å². The van der Waals surface area contributed by atoms with E-state index in [2.05, 4.69) is 24.5 Å². The predicted molar refractivity (Wildman–Crippen MR) is 81.7 cm³/mol. The van der Waals surface area contributed by atoms with Gasteiger partial charge in [0, 0.05) is 31.5 Å². The topological polar surface area (TPSA) is 44.4 Å². The van der Waals surface area contributed by atoms with E-state index < -0.39 is 0 Å². The summed E-state index contributed by atoms with van der Waals surface area (Å²) in [6, 6.07) is 8.20. The van der Waals surface area contributed by atoms with Crippen LogP contribution < -0.4 is 15.5 Å². The molecule has 0 aliphatic heterocycles. The van der Waals surface area contributed by atoms with Crippen LogP contribution in [0, 0.1) is 5.92 Å². The molecule has 0 spiro atoms. The second-order valence-electron chi connectivity index (χ2n) is 5.40. The van der Waals surface area contributed by atoms with Crippen molar-refractivity contribution in [2.24, 2.45) is 5.92 Å². The molecule has 1 aromatic rings. The van der Waals surface area contributed by atoms with Gasteiger partial charge in [0.25, 0.3) is 0 Å². The molecule has 0 bridgehead atoms. The summed E-state index contributed by atoms with van der Waals surface area (Å²) in [6.07, 6.45) is 0. The molecule has 0 saturated heterocycles. The predicted octanol–water partition coefficient (Wildman–Crippen LogP) is 2.33. The van der Waals surface area contributed by atoms with Crippen molar-refractivity contribution in [2.45, 2.75) is 26.8 Å². The molecule has 0 fully saturated rings. The van der Waals surface area contributed by atoms with Gasteiger partial charge < -0.3 is 15.5 Å². The summed E-state index contributed by atoms with van der Waals surface area (Å²) < 4.78 is 0. The lowest BCUT2D eigenvalue weighted by atomic mass is 10.1. The normalized spacial score (nSPS) is 12.1. The molecule has 4 heteroatoms. The number of nitrogens with zero attached hydrogens (tertiary/aromatic N) is 1. The molecule has 0 aromatic heterocycles. The van der Waals surface area contributed by atoms with E-state index in [1.807, 2.05) is 50.2 Å². The number of amides is 1. The van der Waals surface area contributed by atoms with Crippen molar-refractivity contribution >= 4 is 17.3 Å². The Morgan fingerprint density at radius 1 is 1.26 bits per heavy atom. The van der Waals surface area contributed by atoms with Crippen molar-refractivity contribution in [2.75, 3.05) is 30.9 Å². The molecule has 0 heterocycles. The van der Waals surface area contributed by atoms with Crippen LogP contribution in [0.2, 0.25) is 0 Å². The van der Waals surface area contributed by atoms with Gasteiger partial charge in [-0.1, -0.05) is 19.9 Å². The summed E-state index contributed by atoms with van der Waals surface area (Å²) >= 11 is 0. The van der Waals surface area contributed by atoms with Crippen LogP contribution in [0.3, 0.4) is 0 Å². The molecule has 0 aliphatic carbocycles. The Kier molecular flexibility index (Phi) is 5.67. The number of carbonyl (C=O) groups excluding carboxylic acids is 1. The molecule has 1 amide bonds. The lowest BCUT2D eigenvalue weighted by molar-refractivity contribution is -0.120. The lowest BCUT2D eigenvalue weighted by Gasteiger charge is -2.18. The Hall–Kier alpha value is -1.71. The van der Waals surface area contributed by atoms with Crippen molar-refractivity contribution in [1.29, 1.82) is 0 Å². The molecule has 106 valence electrons. The van der Waals surface area contributed by atoms with Gasteiger partial charge in [-0.3, -0.25) is 4.79 Å². The van der Waals surface area contributed by atoms with Gasteiger partial charge in [-0.05, 0) is 31.0 Å². The van der Waals surface area contributed by atoms with Gasteiger partial charge in [-0.25, -0.2) is 0 Å². The molecule has 1 aromatic carbocycles. The van der Waals surface area contributed by atoms with E-state index in [0.29, 0.717) is 12.5 Å². The zero-order chi connectivity index (χ0) is 14.4. The van der Waals surface area contributed by atoms with Crippen molar-refractivity contribution in [3.8, 4) is 0 Å². The molecule has 19 heavy (non-hydrogen) atoms. The Bertz CT molecular complexity index is 416. The molecule has 0 aliphatic rings. The Morgan fingerprint density at radius 3 is 2.53 bits per heavy atom. The van der Waals surface area contributed by atoms with Crippen molar-refractivity contribution < 1.29 is 4.79 Å². The number of rotatable bonds is 6. The van der Waals surface area contributed by atoms with E-state index in [1.165, 1.54) is 0 Å². The fourth-order valence-electron chi connectivity index (χ4n) is 1.55. The second kappa shape index (κ2) is 7.02. The summed E-state index contributed by atoms with van der Waals surface area (Å²) in [5.74, 6) is 0.470. The Balaban J connectivity index is 2.48. The first kappa shape index (κ1) is 15.3. The monoisotopic (exact) mass is 263 g/mol. The van der Waals surface area contributed by atoms with Crippen molar-refractivity contribution in [3.63, 3.8) is 0 Å². The first-order valence-electron chi connectivity index (χ1n) is 6.70. The third kappa shape index (κ3) is 5.20. The van der Waals surface area contributed by atoms with Crippen LogP contribution in [-0.2, 0) is 4.79 Å². The lowest BCUT2D eigenvalue weighted by Crippen LogP contribution is -2.39. The Labute approximate surface area is 116 Å². The number of carbonyl (C=O) groups is 1. The molecule has 1 atom stereocenters. The van der Waals surface area contributed by atoms with Gasteiger partial charge in [0.15, 0.2) is 0 Å². The quantitative estimate of drug-likeness (QED) is 0.828. The van der Waals surface area contributed by atoms with Crippen LogP contribution in [0.4, 0.5) is 11.4 Å². The number of benzene rings is 1. The Morgan fingerprint density at radius 2 is 1.95 bits per heavy atom. The highest BCUT2D eigenvalue weighted by Crippen LogP contribution is 2.16. The maximum Gasteiger partial charge on any atom is 0.239 e. The largest absolute Gasteiger partial charge is 0.378 e. The maximum absolute atomic E-state index is 11.8. The SMILES string of the molecule is CC(C)C(C)NC(=O)CNc1cccc(N(C)C)c1. The van der Waals surface area contributed by atoms with E-state index >= 15 is 0 Å². The number of anilines is 2. The van der Waals surface area contributed by atoms with Gasteiger partial charge >= 0.3 is 0 Å². The average molecular weight is 263 g/mol. The molecule has 4 nitrogen and oxygen atoms in total. The van der Waals surface area contributed by atoms with Crippen molar-refractivity contribution in [1.82, 2.24) is 5.32 Å². The third-order valence-electron chi connectivity index (χ3n) is 3.20. The van der Waals surface area contributed by atoms with Crippen LogP contribution in [0.15, 0.2) is 24.3 Å². The minimum absolute atomic E-state index is 0.0245. The summed E-state index contributed by atoms with van der Waals surface area (Å²) in [6.45, 7) is 6.51. The highest BCUT2D eigenvalue weighted by Gasteiger charge is 2.10. The first-order valence-corrected chi connectivity index (χ1v) is 6.70. The van der Waals surface area contributed by atoms with E-state index in [1.54, 1.807) is 0 Å². The van der Waals surface area contributed by atoms with E-state index in [0.717, 1.165) is 11.4 Å². The summed E-state index contributed by atoms with van der Waals surface area (Å²) in [4.78, 5) is 13.8. The van der Waals surface area contributed by atoms with E-state index in [4.69, 9.17) is 0 Å². The fourth-order valence-corrected chi connectivity index (χ4v) is 1.55. The molecule has 1 rings (SSSR count). The zero-order valence-corrected chi connectivity index (χ0v) is 12.5. The van der Waals surface area contributed by atoms with Gasteiger partial charge in [-0.2, -0.15) is 0 Å². The molecule has 2 N–H and O–H groups in total. The third-order valence-corrected chi connectivity index (χ3v) is 3.20. The standard InChI is InChI=1S/C15H25N3O/c1-11(2)12(3)17-15(19)10-16-13-7-6-8-14(9-13)18(4)5/h6-9,11-12,16H,10H2,1-5H3,(H,17,19). The molecule has 0 radical (unpaired) electrons. The summed E-state index contributed by atoms with van der Waals surface area (Å²) in [5.41, 5.74) is 2.07. The maximum atomic E-state index is 11.8. The van der Waals surface area contributed by atoms with Gasteiger partial charge in [0.05, 0.1) is 6.54 Å². The number of hydrogen-bond acceptors (Lipinski definition) is 3. The van der Waals surface area contributed by atoms with Crippen LogP contribution >= 0.6 is 0 Å². The smallest absolute Gasteiger partial charge is 0.239 e. The number of nitrogens with one attached hydrogen (secondary N) is 2. The molecule has 1 unspecified atom stereocenters. The minimum atomic E-state index is 0.0245. The van der Waals surface area contributed by atoms with Crippen LogP contribution in [-0.4, -0.2) is 32.6 Å². The van der Waals surface area contributed by atoms with Crippen LogP contribution in [0.5, 0.6) is 0 Å². The van der Waals surface area contributed by atoms with E-state index in [9.17, 15) is 4.79 Å². The van der Waals surface area contributed by atoms with Gasteiger partial charge in [0.1, 0.15) is 0 Å². The minimum Gasteiger partial charge on any atom is -0.378 e. The molecule has 0 saturated carbocycles. The van der Waals surface area contributed by atoms with Crippen LogP contribution in [0.1, 0.15) is 20.8 Å². The fraction of sp³-hybridized carbons (Fsp3) is 0.533. The molecular weight excluding hydrogens is 238 g/mol. The highest BCUT2D eigenvalue weighted by atomic mass is 16.1. The van der Waals surface area contributed by atoms with Gasteiger partial charge in [-0.15, -0.1) is 0 Å². The van der Waals surface area contributed by atoms with E-state index in [-0.39, 0.29) is 11.9 Å². The molecular formula is C15H25N3O. The summed E-state index contributed by atoms with van der Waals surface area (Å²) in [5, 5.41) is 6.12. The summed E-state index contributed by atoms with van der Waals surface area (Å²) in [7, 11) is 3.99. The van der Waals surface area contributed by atoms with Gasteiger partial charge in [0.2, 0.25) is 5.91 Å². The highest BCUT2D eigenvalue weighted by molar-refractivity contribution is 5.81.